The molecule has 2 N–H and O–H groups in total. The first kappa shape index (κ1) is 15.7. The molecule has 1 aromatic carbocycles. The molecule has 1 aliphatic rings. The van der Waals surface area contributed by atoms with Crippen molar-refractivity contribution in [1.82, 2.24) is 5.32 Å². The first-order valence-corrected chi connectivity index (χ1v) is 8.40. The molecule has 0 saturated heterocycles. The van der Waals surface area contributed by atoms with Gasteiger partial charge in [-0.2, -0.15) is 11.8 Å². The third kappa shape index (κ3) is 3.69. The standard InChI is InChI=1S/C15H20N2O3S/c1-21-9-5-4-8-16-15(20)17-10-12(14(18)19)11-6-2-3-7-13(11)17/h2-3,6-7,12H,4-5,8-10H2,1H3,(H,16,20)(H,18,19). The van der Waals surface area contributed by atoms with Crippen LogP contribution in [0.2, 0.25) is 0 Å². The van der Waals surface area contributed by atoms with Gasteiger partial charge in [-0.1, -0.05) is 18.2 Å². The number of hydrogen-bond acceptors (Lipinski definition) is 3. The summed E-state index contributed by atoms with van der Waals surface area (Å²) in [5.74, 6) is -0.440. The number of carboxylic acid groups (broad SMARTS) is 1. The Morgan fingerprint density at radius 2 is 2.14 bits per heavy atom. The van der Waals surface area contributed by atoms with Crippen molar-refractivity contribution < 1.29 is 14.7 Å². The zero-order valence-corrected chi connectivity index (χ0v) is 12.9. The number of rotatable bonds is 6. The van der Waals surface area contributed by atoms with Gasteiger partial charge in [0.25, 0.3) is 0 Å². The molecule has 1 unspecified atom stereocenters. The average molecular weight is 308 g/mol. The minimum atomic E-state index is -0.891. The van der Waals surface area contributed by atoms with E-state index in [0.717, 1.165) is 18.6 Å². The average Bonchev–Trinajstić information content (AvgIpc) is 2.87. The predicted molar refractivity (Wildman–Crippen MR) is 85.2 cm³/mol. The summed E-state index contributed by atoms with van der Waals surface area (Å²) in [6, 6.07) is 6.99. The van der Waals surface area contributed by atoms with Crippen LogP contribution in [0.5, 0.6) is 0 Å². The van der Waals surface area contributed by atoms with E-state index >= 15 is 0 Å². The van der Waals surface area contributed by atoms with Crippen LogP contribution in [0, 0.1) is 0 Å². The van der Waals surface area contributed by atoms with Crippen LogP contribution in [0.25, 0.3) is 0 Å². The Kier molecular flexibility index (Phi) is 5.50. The zero-order valence-electron chi connectivity index (χ0n) is 12.0. The summed E-state index contributed by atoms with van der Waals surface area (Å²) in [5.41, 5.74) is 1.41. The van der Waals surface area contributed by atoms with Gasteiger partial charge in [0.05, 0.1) is 0 Å². The van der Waals surface area contributed by atoms with Gasteiger partial charge in [-0.05, 0) is 36.5 Å². The first-order chi connectivity index (χ1) is 10.1. The van der Waals surface area contributed by atoms with E-state index in [9.17, 15) is 14.7 Å². The molecular weight excluding hydrogens is 288 g/mol. The van der Waals surface area contributed by atoms with E-state index in [4.69, 9.17) is 0 Å². The highest BCUT2D eigenvalue weighted by molar-refractivity contribution is 7.98. The molecule has 1 aromatic rings. The molecule has 0 aromatic heterocycles. The lowest BCUT2D eigenvalue weighted by molar-refractivity contribution is -0.138. The topological polar surface area (TPSA) is 69.6 Å². The van der Waals surface area contributed by atoms with Crippen LogP contribution in [0.15, 0.2) is 24.3 Å². The lowest BCUT2D eigenvalue weighted by Gasteiger charge is -2.18. The summed E-state index contributed by atoms with van der Waals surface area (Å²) in [4.78, 5) is 25.1. The fourth-order valence-electron chi connectivity index (χ4n) is 2.47. The summed E-state index contributed by atoms with van der Waals surface area (Å²) < 4.78 is 0. The first-order valence-electron chi connectivity index (χ1n) is 7.01. The summed E-state index contributed by atoms with van der Waals surface area (Å²) in [7, 11) is 0. The van der Waals surface area contributed by atoms with Gasteiger partial charge in [-0.15, -0.1) is 0 Å². The van der Waals surface area contributed by atoms with Crippen LogP contribution in [0.4, 0.5) is 10.5 Å². The summed E-state index contributed by atoms with van der Waals surface area (Å²) in [5, 5.41) is 12.1. The molecule has 2 amide bonds. The Bertz CT molecular complexity index is 521. The molecule has 1 atom stereocenters. The molecule has 0 fully saturated rings. The molecule has 2 rings (SSSR count). The van der Waals surface area contributed by atoms with Crippen LogP contribution >= 0.6 is 11.8 Å². The highest BCUT2D eigenvalue weighted by Gasteiger charge is 2.36. The van der Waals surface area contributed by atoms with Crippen molar-refractivity contribution >= 4 is 29.4 Å². The number of thioether (sulfide) groups is 1. The molecule has 1 heterocycles. The van der Waals surface area contributed by atoms with E-state index in [0.29, 0.717) is 17.8 Å². The number of amides is 2. The van der Waals surface area contributed by atoms with Crippen LogP contribution in [-0.2, 0) is 4.79 Å². The Labute approximate surface area is 128 Å². The molecular formula is C15H20N2O3S. The molecule has 0 spiro atoms. The van der Waals surface area contributed by atoms with Crippen molar-refractivity contribution in [1.29, 1.82) is 0 Å². The number of carboxylic acids is 1. The molecule has 1 aliphatic heterocycles. The Morgan fingerprint density at radius 1 is 1.38 bits per heavy atom. The molecule has 0 aliphatic carbocycles. The van der Waals surface area contributed by atoms with Crippen molar-refractivity contribution in [2.45, 2.75) is 18.8 Å². The molecule has 5 nitrogen and oxygen atoms in total. The molecule has 0 radical (unpaired) electrons. The summed E-state index contributed by atoms with van der Waals surface area (Å²) in [6.07, 6.45) is 4.06. The molecule has 6 heteroatoms. The van der Waals surface area contributed by atoms with Gasteiger partial charge in [-0.25, -0.2) is 4.79 Å². The second kappa shape index (κ2) is 7.36. The number of unbranched alkanes of at least 4 members (excludes halogenated alkanes) is 1. The largest absolute Gasteiger partial charge is 0.481 e. The minimum absolute atomic E-state index is 0.200. The zero-order chi connectivity index (χ0) is 15.2. The van der Waals surface area contributed by atoms with E-state index in [1.807, 2.05) is 6.07 Å². The van der Waals surface area contributed by atoms with Crippen molar-refractivity contribution in [2.24, 2.45) is 0 Å². The molecule has 0 bridgehead atoms. The number of hydrogen-bond donors (Lipinski definition) is 2. The van der Waals surface area contributed by atoms with E-state index in [1.54, 1.807) is 30.0 Å². The smallest absolute Gasteiger partial charge is 0.321 e. The second-order valence-electron chi connectivity index (χ2n) is 4.99. The monoisotopic (exact) mass is 308 g/mol. The normalized spacial score (nSPS) is 16.6. The van der Waals surface area contributed by atoms with Crippen molar-refractivity contribution in [3.63, 3.8) is 0 Å². The van der Waals surface area contributed by atoms with Gasteiger partial charge in [0.1, 0.15) is 5.92 Å². The highest BCUT2D eigenvalue weighted by atomic mass is 32.2. The lowest BCUT2D eigenvalue weighted by Crippen LogP contribution is -2.40. The molecule has 21 heavy (non-hydrogen) atoms. The maximum Gasteiger partial charge on any atom is 0.321 e. The van der Waals surface area contributed by atoms with Crippen LogP contribution in [0.3, 0.4) is 0 Å². The number of para-hydroxylation sites is 1. The maximum absolute atomic E-state index is 12.2. The third-order valence-electron chi connectivity index (χ3n) is 3.56. The number of nitrogens with one attached hydrogen (secondary N) is 1. The van der Waals surface area contributed by atoms with Gasteiger partial charge < -0.3 is 10.4 Å². The molecule has 0 saturated carbocycles. The number of carbonyl (C=O) groups is 2. The van der Waals surface area contributed by atoms with E-state index in [1.165, 1.54) is 4.90 Å². The van der Waals surface area contributed by atoms with E-state index in [-0.39, 0.29) is 12.6 Å². The quantitative estimate of drug-likeness (QED) is 0.792. The van der Waals surface area contributed by atoms with Crippen LogP contribution < -0.4 is 10.2 Å². The fraction of sp³-hybridized carbons (Fsp3) is 0.467. The van der Waals surface area contributed by atoms with Gasteiger partial charge in [0, 0.05) is 18.8 Å². The number of carbonyl (C=O) groups excluding carboxylic acids is 1. The summed E-state index contributed by atoms with van der Waals surface area (Å²) >= 11 is 1.79. The minimum Gasteiger partial charge on any atom is -0.481 e. The van der Waals surface area contributed by atoms with Gasteiger partial charge in [-0.3, -0.25) is 9.69 Å². The SMILES string of the molecule is CSCCCCNC(=O)N1CC(C(=O)O)c2ccccc21. The van der Waals surface area contributed by atoms with E-state index < -0.39 is 11.9 Å². The Morgan fingerprint density at radius 3 is 2.86 bits per heavy atom. The van der Waals surface area contributed by atoms with Crippen LogP contribution in [-0.4, -0.2) is 42.2 Å². The van der Waals surface area contributed by atoms with Gasteiger partial charge >= 0.3 is 12.0 Å². The maximum atomic E-state index is 12.2. The number of benzene rings is 1. The third-order valence-corrected chi connectivity index (χ3v) is 4.26. The summed E-state index contributed by atoms with van der Waals surface area (Å²) in [6.45, 7) is 0.821. The van der Waals surface area contributed by atoms with Crippen LogP contribution in [0.1, 0.15) is 24.3 Å². The number of fused-ring (bicyclic) bond motifs is 1. The molecule has 114 valence electrons. The van der Waals surface area contributed by atoms with Crippen molar-refractivity contribution in [3.8, 4) is 0 Å². The van der Waals surface area contributed by atoms with Gasteiger partial charge in [0.15, 0.2) is 0 Å². The number of urea groups is 1. The Balaban J connectivity index is 1.98. The Hall–Kier alpha value is -1.69. The lowest BCUT2D eigenvalue weighted by atomic mass is 10.0. The number of aliphatic carboxylic acids is 1. The highest BCUT2D eigenvalue weighted by Crippen LogP contribution is 2.36. The van der Waals surface area contributed by atoms with Crippen molar-refractivity contribution in [3.05, 3.63) is 29.8 Å². The van der Waals surface area contributed by atoms with E-state index in [2.05, 4.69) is 11.6 Å². The predicted octanol–water partition coefficient (Wildman–Crippen LogP) is 2.53. The fourth-order valence-corrected chi connectivity index (χ4v) is 2.97. The van der Waals surface area contributed by atoms with Crippen molar-refractivity contribution in [2.75, 3.05) is 30.0 Å². The number of nitrogens with zero attached hydrogens (tertiary/aromatic N) is 1. The second-order valence-corrected chi connectivity index (χ2v) is 5.98. The van der Waals surface area contributed by atoms with Gasteiger partial charge in [0.2, 0.25) is 0 Å². The number of anilines is 1.